The van der Waals surface area contributed by atoms with E-state index in [9.17, 15) is 0 Å². The topological polar surface area (TPSA) is 33.1 Å². The zero-order valence-electron chi connectivity index (χ0n) is 11.5. The standard InChI is InChI=1S/C12H16N4.C2H6/c1-15-11-5-3-2-4-10(11)12(14-15)16-8-6-13-7-9-16;1-2/h2-5,13H,6-9H2,1H3;1-2H3. The highest BCUT2D eigenvalue weighted by molar-refractivity contribution is 5.90. The van der Waals surface area contributed by atoms with Crippen LogP contribution >= 0.6 is 0 Å². The molecule has 3 rings (SSSR count). The number of para-hydroxylation sites is 1. The molecule has 2 heterocycles. The summed E-state index contributed by atoms with van der Waals surface area (Å²) >= 11 is 0. The van der Waals surface area contributed by atoms with Crippen molar-refractivity contribution >= 4 is 16.7 Å². The van der Waals surface area contributed by atoms with Crippen LogP contribution in [0.25, 0.3) is 10.9 Å². The van der Waals surface area contributed by atoms with Gasteiger partial charge in [-0.15, -0.1) is 0 Å². The predicted octanol–water partition coefficient (Wildman–Crippen LogP) is 2.01. The average molecular weight is 246 g/mol. The van der Waals surface area contributed by atoms with Gasteiger partial charge >= 0.3 is 0 Å². The summed E-state index contributed by atoms with van der Waals surface area (Å²) in [5.41, 5.74) is 1.20. The summed E-state index contributed by atoms with van der Waals surface area (Å²) < 4.78 is 1.96. The van der Waals surface area contributed by atoms with Crippen LogP contribution in [0.5, 0.6) is 0 Å². The summed E-state index contributed by atoms with van der Waals surface area (Å²) in [6.45, 7) is 8.18. The van der Waals surface area contributed by atoms with Crippen LogP contribution < -0.4 is 10.2 Å². The van der Waals surface area contributed by atoms with Gasteiger partial charge in [0.1, 0.15) is 0 Å². The van der Waals surface area contributed by atoms with Crippen LogP contribution in [0.4, 0.5) is 5.82 Å². The van der Waals surface area contributed by atoms with Crippen molar-refractivity contribution in [1.82, 2.24) is 15.1 Å². The number of benzene rings is 1. The Morgan fingerprint density at radius 2 is 1.78 bits per heavy atom. The molecule has 0 saturated carbocycles. The maximum absolute atomic E-state index is 4.63. The lowest BCUT2D eigenvalue weighted by Crippen LogP contribution is -2.43. The third-order valence-corrected chi connectivity index (χ3v) is 3.15. The van der Waals surface area contributed by atoms with E-state index in [-0.39, 0.29) is 0 Å². The number of piperazine rings is 1. The van der Waals surface area contributed by atoms with Crippen molar-refractivity contribution in [2.45, 2.75) is 13.8 Å². The molecule has 0 amide bonds. The largest absolute Gasteiger partial charge is 0.352 e. The van der Waals surface area contributed by atoms with Crippen LogP contribution in [0.3, 0.4) is 0 Å². The molecule has 1 aromatic carbocycles. The molecule has 4 heteroatoms. The number of rotatable bonds is 1. The number of aromatic nitrogens is 2. The van der Waals surface area contributed by atoms with Gasteiger partial charge in [-0.1, -0.05) is 26.0 Å². The van der Waals surface area contributed by atoms with Gasteiger partial charge in [0.05, 0.1) is 5.52 Å². The van der Waals surface area contributed by atoms with Crippen molar-refractivity contribution in [3.8, 4) is 0 Å². The summed E-state index contributed by atoms with van der Waals surface area (Å²) in [6.07, 6.45) is 0. The molecule has 2 aromatic rings. The van der Waals surface area contributed by atoms with E-state index in [2.05, 4.69) is 39.6 Å². The Labute approximate surface area is 109 Å². The molecule has 1 saturated heterocycles. The average Bonchev–Trinajstić information content (AvgIpc) is 2.80. The van der Waals surface area contributed by atoms with Crippen LogP contribution in [0.1, 0.15) is 13.8 Å². The highest BCUT2D eigenvalue weighted by Gasteiger charge is 2.16. The van der Waals surface area contributed by atoms with E-state index >= 15 is 0 Å². The molecule has 4 nitrogen and oxygen atoms in total. The monoisotopic (exact) mass is 246 g/mol. The Morgan fingerprint density at radius 1 is 1.11 bits per heavy atom. The van der Waals surface area contributed by atoms with Crippen molar-refractivity contribution < 1.29 is 0 Å². The fourth-order valence-corrected chi connectivity index (χ4v) is 2.30. The zero-order valence-corrected chi connectivity index (χ0v) is 11.5. The van der Waals surface area contributed by atoms with Crippen molar-refractivity contribution in [2.75, 3.05) is 31.1 Å². The number of anilines is 1. The Hall–Kier alpha value is -1.55. The van der Waals surface area contributed by atoms with Gasteiger partial charge in [0.2, 0.25) is 0 Å². The van der Waals surface area contributed by atoms with Gasteiger partial charge in [0.25, 0.3) is 0 Å². The molecule has 1 fully saturated rings. The molecule has 18 heavy (non-hydrogen) atoms. The molecule has 0 atom stereocenters. The van der Waals surface area contributed by atoms with Gasteiger partial charge in [-0.25, -0.2) is 0 Å². The molecular formula is C14H22N4. The molecule has 1 aromatic heterocycles. The van der Waals surface area contributed by atoms with E-state index in [1.807, 2.05) is 25.6 Å². The fraction of sp³-hybridized carbons (Fsp3) is 0.500. The van der Waals surface area contributed by atoms with Crippen LogP contribution in [-0.2, 0) is 7.05 Å². The summed E-state index contributed by atoms with van der Waals surface area (Å²) in [7, 11) is 2.01. The normalized spacial score (nSPS) is 15.4. The first-order valence-electron chi connectivity index (χ1n) is 6.73. The Bertz CT molecular complexity index is 497. The van der Waals surface area contributed by atoms with Crippen molar-refractivity contribution in [3.05, 3.63) is 24.3 Å². The van der Waals surface area contributed by atoms with Crippen molar-refractivity contribution in [1.29, 1.82) is 0 Å². The van der Waals surface area contributed by atoms with E-state index in [1.165, 1.54) is 10.9 Å². The lowest BCUT2D eigenvalue weighted by atomic mass is 10.2. The minimum Gasteiger partial charge on any atom is -0.352 e. The summed E-state index contributed by atoms with van der Waals surface area (Å²) in [5.74, 6) is 1.12. The SMILES string of the molecule is CC.Cn1nc(N2CCNCC2)c2ccccc21. The summed E-state index contributed by atoms with van der Waals surface area (Å²) in [6, 6.07) is 8.41. The lowest BCUT2D eigenvalue weighted by molar-refractivity contribution is 0.582. The van der Waals surface area contributed by atoms with Gasteiger partial charge in [0.15, 0.2) is 5.82 Å². The lowest BCUT2D eigenvalue weighted by Gasteiger charge is -2.27. The van der Waals surface area contributed by atoms with E-state index in [1.54, 1.807) is 0 Å². The Kier molecular flexibility index (Phi) is 4.20. The van der Waals surface area contributed by atoms with Gasteiger partial charge in [-0.3, -0.25) is 4.68 Å². The minimum atomic E-state index is 1.04. The van der Waals surface area contributed by atoms with Crippen LogP contribution in [-0.4, -0.2) is 36.0 Å². The maximum Gasteiger partial charge on any atom is 0.158 e. The highest BCUT2D eigenvalue weighted by Crippen LogP contribution is 2.25. The second kappa shape index (κ2) is 5.87. The number of hydrogen-bond acceptors (Lipinski definition) is 3. The Balaban J connectivity index is 0.000000574. The molecule has 98 valence electrons. The van der Waals surface area contributed by atoms with Crippen LogP contribution in [0, 0.1) is 0 Å². The Morgan fingerprint density at radius 3 is 2.50 bits per heavy atom. The first-order valence-corrected chi connectivity index (χ1v) is 6.73. The van der Waals surface area contributed by atoms with E-state index in [0.717, 1.165) is 32.0 Å². The van der Waals surface area contributed by atoms with Crippen molar-refractivity contribution in [2.24, 2.45) is 7.05 Å². The molecule has 0 aliphatic carbocycles. The first kappa shape index (κ1) is 12.9. The number of nitrogens with zero attached hydrogens (tertiary/aromatic N) is 3. The van der Waals surface area contributed by atoms with E-state index in [4.69, 9.17) is 0 Å². The van der Waals surface area contributed by atoms with Crippen LogP contribution in [0.2, 0.25) is 0 Å². The first-order chi connectivity index (χ1) is 8.86. The van der Waals surface area contributed by atoms with Gasteiger partial charge in [-0.2, -0.15) is 5.10 Å². The number of aryl methyl sites for hydroxylation is 1. The second-order valence-electron chi connectivity index (χ2n) is 4.20. The maximum atomic E-state index is 4.63. The van der Waals surface area contributed by atoms with Gasteiger partial charge in [-0.05, 0) is 12.1 Å². The van der Waals surface area contributed by atoms with E-state index in [0.29, 0.717) is 0 Å². The molecule has 0 unspecified atom stereocenters. The number of fused-ring (bicyclic) bond motifs is 1. The molecular weight excluding hydrogens is 224 g/mol. The molecule has 1 aliphatic rings. The molecule has 0 radical (unpaired) electrons. The van der Waals surface area contributed by atoms with Crippen molar-refractivity contribution in [3.63, 3.8) is 0 Å². The summed E-state index contributed by atoms with van der Waals surface area (Å²) in [5, 5.41) is 9.25. The molecule has 0 spiro atoms. The smallest absolute Gasteiger partial charge is 0.158 e. The quantitative estimate of drug-likeness (QED) is 0.835. The fourth-order valence-electron chi connectivity index (χ4n) is 2.30. The predicted molar refractivity (Wildman–Crippen MR) is 77.1 cm³/mol. The molecule has 1 N–H and O–H groups in total. The third-order valence-electron chi connectivity index (χ3n) is 3.15. The zero-order chi connectivity index (χ0) is 13.0. The van der Waals surface area contributed by atoms with E-state index < -0.39 is 0 Å². The second-order valence-corrected chi connectivity index (χ2v) is 4.20. The van der Waals surface area contributed by atoms with Gasteiger partial charge < -0.3 is 10.2 Å². The van der Waals surface area contributed by atoms with Gasteiger partial charge in [0, 0.05) is 38.6 Å². The highest BCUT2D eigenvalue weighted by atomic mass is 15.4. The number of nitrogens with one attached hydrogen (secondary N) is 1. The molecule has 1 aliphatic heterocycles. The minimum absolute atomic E-state index is 1.04. The number of hydrogen-bond donors (Lipinski definition) is 1. The summed E-state index contributed by atoms with van der Waals surface area (Å²) in [4.78, 5) is 2.36. The van der Waals surface area contributed by atoms with Crippen LogP contribution in [0.15, 0.2) is 24.3 Å². The molecule has 0 bridgehead atoms. The third kappa shape index (κ3) is 2.34.